The molecule has 5 nitrogen and oxygen atoms in total. The summed E-state index contributed by atoms with van der Waals surface area (Å²) in [5.74, 6) is -0.434. The fourth-order valence-corrected chi connectivity index (χ4v) is 2.69. The van der Waals surface area contributed by atoms with Crippen LogP contribution < -0.4 is 5.32 Å². The number of aromatic nitrogens is 2. The molecule has 4 rings (SSSR count). The molecule has 0 unspecified atom stereocenters. The van der Waals surface area contributed by atoms with Gasteiger partial charge in [-0.25, -0.2) is 0 Å². The van der Waals surface area contributed by atoms with Crippen LogP contribution in [0.1, 0.15) is 15.9 Å². The van der Waals surface area contributed by atoms with Crippen LogP contribution in [0.5, 0.6) is 0 Å². The Morgan fingerprint density at radius 2 is 1.61 bits per heavy atom. The lowest BCUT2D eigenvalue weighted by molar-refractivity contribution is -0.137. The number of rotatable bonds is 3. The van der Waals surface area contributed by atoms with E-state index in [1.54, 1.807) is 0 Å². The number of halogens is 3. The molecule has 0 fully saturated rings. The summed E-state index contributed by atoms with van der Waals surface area (Å²) in [6.45, 7) is 0. The highest BCUT2D eigenvalue weighted by Gasteiger charge is 2.30. The number of hydrogen-bond donors (Lipinski definition) is 1. The van der Waals surface area contributed by atoms with Gasteiger partial charge in [0.2, 0.25) is 5.89 Å². The molecule has 0 aliphatic carbocycles. The quantitative estimate of drug-likeness (QED) is 0.531. The lowest BCUT2D eigenvalue weighted by Gasteiger charge is -2.07. The van der Waals surface area contributed by atoms with E-state index in [4.69, 9.17) is 4.42 Å². The number of fused-ring (bicyclic) bond motifs is 1. The van der Waals surface area contributed by atoms with Gasteiger partial charge in [-0.2, -0.15) is 13.2 Å². The minimum Gasteiger partial charge on any atom is -0.403 e. The number of nitrogens with zero attached hydrogens (tertiary/aromatic N) is 2. The first kappa shape index (κ1) is 17.7. The fraction of sp³-hybridized carbons (Fsp3) is 0.0500. The second kappa shape index (κ2) is 6.80. The molecule has 140 valence electrons. The Balaban J connectivity index is 1.51. The molecule has 8 heteroatoms. The number of carbonyl (C=O) groups is 1. The van der Waals surface area contributed by atoms with Crippen LogP contribution >= 0.6 is 0 Å². The zero-order valence-corrected chi connectivity index (χ0v) is 14.2. The van der Waals surface area contributed by atoms with Crippen LogP contribution in [-0.4, -0.2) is 16.1 Å². The van der Waals surface area contributed by atoms with Crippen LogP contribution in [0.2, 0.25) is 0 Å². The van der Waals surface area contributed by atoms with Crippen LogP contribution in [0.3, 0.4) is 0 Å². The van der Waals surface area contributed by atoms with Crippen molar-refractivity contribution in [3.05, 3.63) is 77.9 Å². The van der Waals surface area contributed by atoms with E-state index < -0.39 is 17.6 Å². The second-order valence-electron chi connectivity index (χ2n) is 6.00. The van der Waals surface area contributed by atoms with Crippen molar-refractivity contribution in [2.45, 2.75) is 6.18 Å². The molecule has 0 spiro atoms. The second-order valence-corrected chi connectivity index (χ2v) is 6.00. The van der Waals surface area contributed by atoms with Crippen molar-refractivity contribution in [2.24, 2.45) is 0 Å². The molecule has 0 aliphatic heterocycles. The molecule has 3 aromatic carbocycles. The van der Waals surface area contributed by atoms with Gasteiger partial charge in [0.15, 0.2) is 0 Å². The number of amides is 1. The molecule has 4 aromatic rings. The third kappa shape index (κ3) is 3.57. The van der Waals surface area contributed by atoms with Crippen LogP contribution in [0.15, 0.2) is 71.1 Å². The smallest absolute Gasteiger partial charge is 0.403 e. The van der Waals surface area contributed by atoms with Gasteiger partial charge in [0, 0.05) is 11.1 Å². The topological polar surface area (TPSA) is 68.0 Å². The summed E-state index contributed by atoms with van der Waals surface area (Å²) in [4.78, 5) is 12.2. The third-order valence-electron chi connectivity index (χ3n) is 4.12. The number of anilines is 1. The standard InChI is InChI=1S/C20H12F3N3O2/c21-20(22,23)16-9-7-13(8-10-16)17(27)24-19-26-25-18(28-19)15-6-5-12-3-1-2-4-14(12)11-15/h1-11H,(H,24,26,27). The molecule has 0 aliphatic rings. The maximum atomic E-state index is 12.6. The lowest BCUT2D eigenvalue weighted by atomic mass is 10.1. The number of nitrogens with one attached hydrogen (secondary N) is 1. The Labute approximate surface area is 156 Å². The van der Waals surface area contributed by atoms with Gasteiger partial charge in [-0.05, 0) is 47.2 Å². The highest BCUT2D eigenvalue weighted by Crippen LogP contribution is 2.29. The monoisotopic (exact) mass is 383 g/mol. The zero-order valence-electron chi connectivity index (χ0n) is 14.2. The zero-order chi connectivity index (χ0) is 19.7. The van der Waals surface area contributed by atoms with Crippen molar-refractivity contribution < 1.29 is 22.4 Å². The minimum absolute atomic E-state index is 0.0402. The molecule has 0 saturated heterocycles. The SMILES string of the molecule is O=C(Nc1nnc(-c2ccc3ccccc3c2)o1)c1ccc(C(F)(F)F)cc1. The van der Waals surface area contributed by atoms with Gasteiger partial charge in [0.05, 0.1) is 5.56 Å². The molecule has 1 N–H and O–H groups in total. The highest BCUT2D eigenvalue weighted by atomic mass is 19.4. The van der Waals surface area contributed by atoms with Gasteiger partial charge in [-0.1, -0.05) is 35.4 Å². The Kier molecular flexibility index (Phi) is 4.31. The summed E-state index contributed by atoms with van der Waals surface area (Å²) >= 11 is 0. The minimum atomic E-state index is -4.46. The van der Waals surface area contributed by atoms with Crippen molar-refractivity contribution in [1.29, 1.82) is 0 Å². The van der Waals surface area contributed by atoms with Gasteiger partial charge in [-0.3, -0.25) is 10.1 Å². The molecule has 1 aromatic heterocycles. The predicted octanol–water partition coefficient (Wildman–Crippen LogP) is 5.16. The van der Waals surface area contributed by atoms with E-state index >= 15 is 0 Å². The first-order valence-corrected chi connectivity index (χ1v) is 8.21. The van der Waals surface area contributed by atoms with E-state index in [0.29, 0.717) is 5.56 Å². The Hall–Kier alpha value is -3.68. The Bertz CT molecular complexity index is 1150. The van der Waals surface area contributed by atoms with Gasteiger partial charge >= 0.3 is 12.2 Å². The number of carbonyl (C=O) groups excluding carboxylic acids is 1. The normalized spacial score (nSPS) is 11.5. The number of alkyl halides is 3. The van der Waals surface area contributed by atoms with E-state index in [1.165, 1.54) is 0 Å². The van der Waals surface area contributed by atoms with Crippen LogP contribution in [0.25, 0.3) is 22.2 Å². The predicted molar refractivity (Wildman–Crippen MR) is 96.6 cm³/mol. The van der Waals surface area contributed by atoms with Crippen LogP contribution in [-0.2, 0) is 6.18 Å². The van der Waals surface area contributed by atoms with E-state index in [0.717, 1.165) is 35.0 Å². The highest BCUT2D eigenvalue weighted by molar-refractivity contribution is 6.03. The van der Waals surface area contributed by atoms with Gasteiger partial charge < -0.3 is 4.42 Å². The molecular formula is C20H12F3N3O2. The van der Waals surface area contributed by atoms with Crippen molar-refractivity contribution >= 4 is 22.7 Å². The summed E-state index contributed by atoms with van der Waals surface area (Å²) in [7, 11) is 0. The average molecular weight is 383 g/mol. The van der Waals surface area contributed by atoms with Crippen LogP contribution in [0.4, 0.5) is 19.2 Å². The van der Waals surface area contributed by atoms with Crippen molar-refractivity contribution in [2.75, 3.05) is 5.32 Å². The molecule has 0 atom stereocenters. The van der Waals surface area contributed by atoms with Crippen LogP contribution in [0, 0.1) is 0 Å². The third-order valence-corrected chi connectivity index (χ3v) is 4.12. The van der Waals surface area contributed by atoms with Gasteiger partial charge in [0.1, 0.15) is 0 Å². The lowest BCUT2D eigenvalue weighted by Crippen LogP contribution is -2.13. The maximum Gasteiger partial charge on any atom is 0.416 e. The Morgan fingerprint density at radius 3 is 2.32 bits per heavy atom. The van der Waals surface area contributed by atoms with Crippen molar-refractivity contribution in [3.63, 3.8) is 0 Å². The van der Waals surface area contributed by atoms with Gasteiger partial charge in [-0.15, -0.1) is 5.10 Å². The molecule has 28 heavy (non-hydrogen) atoms. The largest absolute Gasteiger partial charge is 0.416 e. The summed E-state index contributed by atoms with van der Waals surface area (Å²) in [6, 6.07) is 17.1. The number of hydrogen-bond acceptors (Lipinski definition) is 4. The number of benzene rings is 3. The first-order chi connectivity index (χ1) is 13.4. The van der Waals surface area contributed by atoms with E-state index in [2.05, 4.69) is 15.5 Å². The van der Waals surface area contributed by atoms with E-state index in [-0.39, 0.29) is 17.5 Å². The Morgan fingerprint density at radius 1 is 0.893 bits per heavy atom. The molecule has 0 radical (unpaired) electrons. The average Bonchev–Trinajstić information content (AvgIpc) is 3.15. The fourth-order valence-electron chi connectivity index (χ4n) is 2.69. The van der Waals surface area contributed by atoms with Gasteiger partial charge in [0.25, 0.3) is 5.91 Å². The molecule has 0 bridgehead atoms. The summed E-state index contributed by atoms with van der Waals surface area (Å²) in [6.07, 6.45) is -4.46. The summed E-state index contributed by atoms with van der Waals surface area (Å²) in [5, 5.41) is 12.1. The van der Waals surface area contributed by atoms with Crippen molar-refractivity contribution in [3.8, 4) is 11.5 Å². The summed E-state index contributed by atoms with van der Waals surface area (Å²) in [5.41, 5.74) is -0.111. The van der Waals surface area contributed by atoms with E-state index in [1.807, 2.05) is 42.5 Å². The molecular weight excluding hydrogens is 371 g/mol. The van der Waals surface area contributed by atoms with Crippen molar-refractivity contribution in [1.82, 2.24) is 10.2 Å². The molecule has 1 amide bonds. The molecule has 1 heterocycles. The summed E-state index contributed by atoms with van der Waals surface area (Å²) < 4.78 is 43.2. The maximum absolute atomic E-state index is 12.6. The first-order valence-electron chi connectivity index (χ1n) is 8.21. The molecule has 0 saturated carbocycles. The van der Waals surface area contributed by atoms with E-state index in [9.17, 15) is 18.0 Å².